The van der Waals surface area contributed by atoms with E-state index >= 15 is 0 Å². The van der Waals surface area contributed by atoms with Crippen LogP contribution in [0.15, 0.2) is 36.4 Å². The first kappa shape index (κ1) is 13.1. The highest BCUT2D eigenvalue weighted by Crippen LogP contribution is 2.28. The Hall–Kier alpha value is -1.31. The van der Waals surface area contributed by atoms with Crippen molar-refractivity contribution in [3.8, 4) is 0 Å². The third kappa shape index (κ3) is 2.58. The predicted octanol–water partition coefficient (Wildman–Crippen LogP) is 4.35. The van der Waals surface area contributed by atoms with Crippen LogP contribution in [0.1, 0.15) is 33.9 Å². The lowest BCUT2D eigenvalue weighted by Gasteiger charge is -2.16. The van der Waals surface area contributed by atoms with Gasteiger partial charge in [-0.1, -0.05) is 35.9 Å². The number of benzene rings is 2. The summed E-state index contributed by atoms with van der Waals surface area (Å²) in [5, 5.41) is 11.1. The second-order valence-corrected chi connectivity index (χ2v) is 5.19. The Morgan fingerprint density at radius 1 is 1.06 bits per heavy atom. The molecule has 0 spiro atoms. The monoisotopic (exact) mass is 260 g/mol. The third-order valence-corrected chi connectivity index (χ3v) is 3.54. The fourth-order valence-corrected chi connectivity index (χ4v) is 2.47. The second-order valence-electron chi connectivity index (χ2n) is 4.75. The van der Waals surface area contributed by atoms with Gasteiger partial charge in [0.1, 0.15) is 6.10 Å². The topological polar surface area (TPSA) is 20.2 Å². The molecule has 0 amide bonds. The molecule has 0 radical (unpaired) electrons. The molecule has 1 N–H and O–H groups in total. The summed E-state index contributed by atoms with van der Waals surface area (Å²) < 4.78 is 0. The zero-order chi connectivity index (χ0) is 13.3. The van der Waals surface area contributed by atoms with Crippen molar-refractivity contribution >= 4 is 11.6 Å². The van der Waals surface area contributed by atoms with Crippen molar-refractivity contribution in [3.05, 3.63) is 69.2 Å². The van der Waals surface area contributed by atoms with Gasteiger partial charge in [-0.2, -0.15) is 0 Å². The van der Waals surface area contributed by atoms with Crippen molar-refractivity contribution < 1.29 is 5.11 Å². The standard InChI is InChI=1S/C16H17ClO/c1-10-7-13(9-14(17)8-10)16(18)15-6-4-5-11(2)12(15)3/h4-9,16,18H,1-3H3. The number of hydrogen-bond donors (Lipinski definition) is 1. The van der Waals surface area contributed by atoms with Crippen LogP contribution in [-0.4, -0.2) is 5.11 Å². The average molecular weight is 261 g/mol. The Kier molecular flexibility index (Phi) is 3.74. The number of hydrogen-bond acceptors (Lipinski definition) is 1. The van der Waals surface area contributed by atoms with Gasteiger partial charge in [0.2, 0.25) is 0 Å². The van der Waals surface area contributed by atoms with Crippen LogP contribution in [-0.2, 0) is 0 Å². The van der Waals surface area contributed by atoms with Crippen LogP contribution < -0.4 is 0 Å². The molecule has 18 heavy (non-hydrogen) atoms. The molecule has 0 bridgehead atoms. The molecule has 0 saturated heterocycles. The Labute approximate surface area is 113 Å². The fraction of sp³-hybridized carbons (Fsp3) is 0.250. The van der Waals surface area contributed by atoms with Crippen LogP contribution in [0.25, 0.3) is 0 Å². The van der Waals surface area contributed by atoms with Gasteiger partial charge in [-0.3, -0.25) is 0 Å². The van der Waals surface area contributed by atoms with Gasteiger partial charge in [0.25, 0.3) is 0 Å². The normalized spacial score (nSPS) is 12.5. The van der Waals surface area contributed by atoms with Gasteiger partial charge < -0.3 is 5.11 Å². The van der Waals surface area contributed by atoms with E-state index in [0.29, 0.717) is 5.02 Å². The van der Waals surface area contributed by atoms with E-state index in [9.17, 15) is 5.11 Å². The van der Waals surface area contributed by atoms with Crippen LogP contribution >= 0.6 is 11.6 Å². The highest BCUT2D eigenvalue weighted by molar-refractivity contribution is 6.30. The van der Waals surface area contributed by atoms with Crippen LogP contribution in [0.5, 0.6) is 0 Å². The van der Waals surface area contributed by atoms with Gasteiger partial charge in [0, 0.05) is 5.02 Å². The summed E-state index contributed by atoms with van der Waals surface area (Å²) >= 11 is 6.04. The first-order chi connectivity index (χ1) is 8.49. The summed E-state index contributed by atoms with van der Waals surface area (Å²) in [4.78, 5) is 0. The molecule has 2 heteroatoms. The van der Waals surface area contributed by atoms with Gasteiger partial charge >= 0.3 is 0 Å². The van der Waals surface area contributed by atoms with Crippen molar-refractivity contribution in [2.24, 2.45) is 0 Å². The average Bonchev–Trinajstić information content (AvgIpc) is 2.30. The second kappa shape index (κ2) is 5.13. The number of aliphatic hydroxyl groups is 1. The molecule has 0 aliphatic heterocycles. The summed E-state index contributed by atoms with van der Waals surface area (Å²) in [5.41, 5.74) is 5.15. The molecule has 0 fully saturated rings. The molecule has 2 aromatic carbocycles. The van der Waals surface area contributed by atoms with Crippen LogP contribution in [0.4, 0.5) is 0 Å². The first-order valence-corrected chi connectivity index (χ1v) is 6.38. The first-order valence-electron chi connectivity index (χ1n) is 6.00. The summed E-state index contributed by atoms with van der Waals surface area (Å²) in [5.74, 6) is 0. The van der Waals surface area contributed by atoms with E-state index < -0.39 is 6.10 Å². The lowest BCUT2D eigenvalue weighted by molar-refractivity contribution is 0.219. The van der Waals surface area contributed by atoms with E-state index in [1.807, 2.05) is 44.2 Å². The molecule has 0 heterocycles. The molecule has 0 aliphatic rings. The number of rotatable bonds is 2. The zero-order valence-electron chi connectivity index (χ0n) is 10.9. The van der Waals surface area contributed by atoms with Gasteiger partial charge in [0.05, 0.1) is 0 Å². The van der Waals surface area contributed by atoms with E-state index in [1.54, 1.807) is 0 Å². The van der Waals surface area contributed by atoms with E-state index in [1.165, 1.54) is 5.56 Å². The largest absolute Gasteiger partial charge is 0.384 e. The maximum Gasteiger partial charge on any atom is 0.104 e. The highest BCUT2D eigenvalue weighted by atomic mass is 35.5. The van der Waals surface area contributed by atoms with E-state index in [4.69, 9.17) is 11.6 Å². The van der Waals surface area contributed by atoms with E-state index in [2.05, 4.69) is 13.0 Å². The summed E-state index contributed by atoms with van der Waals surface area (Å²) in [6, 6.07) is 11.7. The number of aliphatic hydroxyl groups excluding tert-OH is 1. The lowest BCUT2D eigenvalue weighted by atomic mass is 9.94. The van der Waals surface area contributed by atoms with Gasteiger partial charge in [0.15, 0.2) is 0 Å². The van der Waals surface area contributed by atoms with Gasteiger partial charge in [-0.15, -0.1) is 0 Å². The molecule has 0 saturated carbocycles. The van der Waals surface area contributed by atoms with Gasteiger partial charge in [-0.25, -0.2) is 0 Å². The molecule has 94 valence electrons. The van der Waals surface area contributed by atoms with Crippen molar-refractivity contribution in [1.29, 1.82) is 0 Å². The van der Waals surface area contributed by atoms with Gasteiger partial charge in [-0.05, 0) is 60.7 Å². The minimum atomic E-state index is -0.623. The van der Waals surface area contributed by atoms with Crippen LogP contribution in [0.3, 0.4) is 0 Å². The Balaban J connectivity index is 2.47. The number of aryl methyl sites for hydroxylation is 2. The molecule has 0 aliphatic carbocycles. The molecule has 1 nitrogen and oxygen atoms in total. The third-order valence-electron chi connectivity index (χ3n) is 3.32. The minimum Gasteiger partial charge on any atom is -0.384 e. The predicted molar refractivity (Wildman–Crippen MR) is 76.2 cm³/mol. The van der Waals surface area contributed by atoms with Crippen molar-refractivity contribution in [2.45, 2.75) is 26.9 Å². The summed E-state index contributed by atoms with van der Waals surface area (Å²) in [6.45, 7) is 6.06. The van der Waals surface area contributed by atoms with E-state index in [-0.39, 0.29) is 0 Å². The van der Waals surface area contributed by atoms with E-state index in [0.717, 1.165) is 22.3 Å². The lowest BCUT2D eigenvalue weighted by Crippen LogP contribution is -2.03. The molecule has 2 aromatic rings. The molecule has 1 unspecified atom stereocenters. The quantitative estimate of drug-likeness (QED) is 0.851. The maximum absolute atomic E-state index is 10.5. The Bertz CT molecular complexity index is 555. The minimum absolute atomic E-state index is 0.623. The molecular formula is C16H17ClO. The molecular weight excluding hydrogens is 244 g/mol. The molecule has 2 rings (SSSR count). The summed E-state index contributed by atoms with van der Waals surface area (Å²) in [6.07, 6.45) is -0.623. The smallest absolute Gasteiger partial charge is 0.104 e. The summed E-state index contributed by atoms with van der Waals surface area (Å²) in [7, 11) is 0. The van der Waals surface area contributed by atoms with Crippen LogP contribution in [0, 0.1) is 20.8 Å². The van der Waals surface area contributed by atoms with Crippen LogP contribution in [0.2, 0.25) is 5.02 Å². The number of halogens is 1. The van der Waals surface area contributed by atoms with Crippen molar-refractivity contribution in [1.82, 2.24) is 0 Å². The van der Waals surface area contributed by atoms with Crippen molar-refractivity contribution in [3.63, 3.8) is 0 Å². The zero-order valence-corrected chi connectivity index (χ0v) is 11.6. The molecule has 1 atom stereocenters. The Morgan fingerprint density at radius 3 is 2.44 bits per heavy atom. The molecule has 0 aromatic heterocycles. The Morgan fingerprint density at radius 2 is 1.78 bits per heavy atom. The fourth-order valence-electron chi connectivity index (χ4n) is 2.17. The maximum atomic E-state index is 10.5. The highest BCUT2D eigenvalue weighted by Gasteiger charge is 2.14. The van der Waals surface area contributed by atoms with Crippen molar-refractivity contribution in [2.75, 3.05) is 0 Å². The SMILES string of the molecule is Cc1cc(Cl)cc(C(O)c2cccc(C)c2C)c1.